The van der Waals surface area contributed by atoms with Gasteiger partial charge in [-0.25, -0.2) is 0 Å². The van der Waals surface area contributed by atoms with Crippen molar-refractivity contribution < 1.29 is 0 Å². The summed E-state index contributed by atoms with van der Waals surface area (Å²) >= 11 is 0. The van der Waals surface area contributed by atoms with Gasteiger partial charge in [-0.05, 0) is 214 Å². The summed E-state index contributed by atoms with van der Waals surface area (Å²) in [6.07, 6.45) is 9.12. The first-order valence-corrected chi connectivity index (χ1v) is 29.0. The molecule has 3 nitrogen and oxygen atoms in total. The summed E-state index contributed by atoms with van der Waals surface area (Å²) in [7, 11) is 0. The summed E-state index contributed by atoms with van der Waals surface area (Å²) < 4.78 is 2.40. The predicted molar refractivity (Wildman–Crippen MR) is 353 cm³/mol. The van der Waals surface area contributed by atoms with Gasteiger partial charge >= 0.3 is 0 Å². The number of nitrogens with zero attached hydrogens (tertiary/aromatic N) is 3. The first-order valence-electron chi connectivity index (χ1n) is 29.0. The fourth-order valence-electron chi connectivity index (χ4n) is 13.3. The van der Waals surface area contributed by atoms with E-state index in [4.69, 9.17) is 0 Å². The summed E-state index contributed by atoms with van der Waals surface area (Å²) in [5.74, 6) is 0. The van der Waals surface area contributed by atoms with E-state index >= 15 is 0 Å². The second kappa shape index (κ2) is 20.0. The van der Waals surface area contributed by atoms with Crippen LogP contribution in [-0.4, -0.2) is 4.57 Å². The average Bonchev–Trinajstić information content (AvgIpc) is 2.88. The van der Waals surface area contributed by atoms with Crippen LogP contribution in [0.25, 0.3) is 74.1 Å². The van der Waals surface area contributed by atoms with Gasteiger partial charge in [0.2, 0.25) is 0 Å². The van der Waals surface area contributed by atoms with Crippen molar-refractivity contribution in [2.45, 2.75) is 66.2 Å². The van der Waals surface area contributed by atoms with Crippen molar-refractivity contribution in [3.63, 3.8) is 0 Å². The Labute approximate surface area is 489 Å². The Balaban J connectivity index is 0.763. The Morgan fingerprint density at radius 1 is 0.349 bits per heavy atom. The molecule has 2 aliphatic carbocycles. The van der Waals surface area contributed by atoms with E-state index < -0.39 is 0 Å². The Kier molecular flexibility index (Phi) is 12.3. The molecule has 2 aliphatic rings. The van der Waals surface area contributed by atoms with E-state index in [1.807, 2.05) is 6.07 Å². The average molecular weight is 1070 g/mol. The Hall–Kier alpha value is -9.88. The van der Waals surface area contributed by atoms with Crippen molar-refractivity contribution in [1.82, 2.24) is 4.57 Å². The molecule has 0 aliphatic heterocycles. The fourth-order valence-corrected chi connectivity index (χ4v) is 13.3. The molecule has 0 amide bonds. The van der Waals surface area contributed by atoms with Crippen LogP contribution in [-0.2, 0) is 10.8 Å². The molecule has 0 unspecified atom stereocenters. The van der Waals surface area contributed by atoms with Gasteiger partial charge in [0.05, 0.1) is 16.7 Å². The minimum Gasteiger partial charge on any atom is -0.310 e. The fraction of sp³-hybridized carbons (Fsp3) is 0.125. The lowest BCUT2D eigenvalue weighted by atomic mass is 9.81. The zero-order valence-corrected chi connectivity index (χ0v) is 48.5. The van der Waals surface area contributed by atoms with Crippen LogP contribution < -0.4 is 9.80 Å². The van der Waals surface area contributed by atoms with Crippen LogP contribution in [0.4, 0.5) is 34.1 Å². The second-order valence-electron chi connectivity index (χ2n) is 24.1. The molecule has 11 aromatic carbocycles. The number of hydrogen-bond donors (Lipinski definition) is 0. The van der Waals surface area contributed by atoms with Crippen molar-refractivity contribution in [3.05, 3.63) is 303 Å². The van der Waals surface area contributed by atoms with Crippen LogP contribution in [0.3, 0.4) is 0 Å². The van der Waals surface area contributed by atoms with E-state index in [1.165, 1.54) is 94.1 Å². The highest BCUT2D eigenvalue weighted by molar-refractivity contribution is 6.11. The molecule has 0 saturated heterocycles. The summed E-state index contributed by atoms with van der Waals surface area (Å²) in [5.41, 5.74) is 30.0. The van der Waals surface area contributed by atoms with E-state index in [1.54, 1.807) is 0 Å². The molecule has 83 heavy (non-hydrogen) atoms. The molecule has 0 bridgehead atoms. The second-order valence-corrected chi connectivity index (χ2v) is 24.1. The van der Waals surface area contributed by atoms with Crippen molar-refractivity contribution in [3.8, 4) is 27.9 Å². The predicted octanol–water partition coefficient (Wildman–Crippen LogP) is 21.5. The third-order valence-corrected chi connectivity index (χ3v) is 17.5. The monoisotopic (exact) mass is 1070 g/mol. The summed E-state index contributed by atoms with van der Waals surface area (Å²) in [5, 5.41) is 2.45. The maximum absolute atomic E-state index is 3.26. The highest BCUT2D eigenvalue weighted by Crippen LogP contribution is 2.53. The first kappa shape index (κ1) is 51.3. The van der Waals surface area contributed by atoms with Crippen LogP contribution >= 0.6 is 0 Å². The van der Waals surface area contributed by atoms with Gasteiger partial charge in [-0.2, -0.15) is 0 Å². The number of benzene rings is 10. The highest BCUT2D eigenvalue weighted by Gasteiger charge is 2.38. The SMILES string of the molecule is Cc1c#ccc(N(c2cccc(C)c2)c2ccc3c(c2)C(C)(C)c2cc(/C=C/c4ccc5c(c4)c4cc(/C=C/c6ccc7c(c6)C(C)(C)c6cc(N(c8cccc(C)c8)c8cccc(C)c8)ccc6-7)ccc4n5-c4ccccc4)ccc2-3)c1. The number of aromatic nitrogens is 1. The van der Waals surface area contributed by atoms with E-state index in [0.717, 1.165) is 56.5 Å². The molecule has 0 saturated carbocycles. The molecule has 12 aromatic rings. The number of anilines is 6. The first-order chi connectivity index (χ1) is 40.2. The topological polar surface area (TPSA) is 11.4 Å². The van der Waals surface area contributed by atoms with Gasteiger partial charge in [0.25, 0.3) is 0 Å². The molecule has 0 N–H and O–H groups in total. The minimum absolute atomic E-state index is 0.195. The largest absolute Gasteiger partial charge is 0.310 e. The summed E-state index contributed by atoms with van der Waals surface area (Å²) in [4.78, 5) is 4.75. The van der Waals surface area contributed by atoms with Crippen LogP contribution in [0.1, 0.15) is 94.5 Å². The van der Waals surface area contributed by atoms with E-state index in [-0.39, 0.29) is 10.8 Å². The van der Waals surface area contributed by atoms with Crippen LogP contribution in [0.15, 0.2) is 224 Å². The van der Waals surface area contributed by atoms with Gasteiger partial charge in [-0.3, -0.25) is 0 Å². The van der Waals surface area contributed by atoms with Gasteiger partial charge in [-0.15, -0.1) is 0 Å². The summed E-state index contributed by atoms with van der Waals surface area (Å²) in [6, 6.07) is 89.7. The Bertz CT molecular complexity index is 4250. The molecule has 0 spiro atoms. The maximum Gasteiger partial charge on any atom is 0.0554 e. The molecule has 0 atom stereocenters. The molecule has 14 rings (SSSR count). The van der Waals surface area contributed by atoms with Crippen LogP contribution in [0.2, 0.25) is 0 Å². The van der Waals surface area contributed by atoms with Crippen LogP contribution in [0.5, 0.6) is 0 Å². The van der Waals surface area contributed by atoms with E-state index in [9.17, 15) is 0 Å². The normalized spacial score (nSPS) is 13.5. The molecular formula is C80H65N3. The molecule has 3 heteroatoms. The number of para-hydroxylation sites is 1. The van der Waals surface area contributed by atoms with E-state index in [2.05, 4.69) is 325 Å². The van der Waals surface area contributed by atoms with Gasteiger partial charge in [0, 0.05) is 67.4 Å². The quantitative estimate of drug-likeness (QED) is 0.120. The molecule has 0 fully saturated rings. The minimum atomic E-state index is -0.208. The zero-order chi connectivity index (χ0) is 56.7. The zero-order valence-electron chi connectivity index (χ0n) is 48.5. The Morgan fingerprint density at radius 3 is 1.17 bits per heavy atom. The third kappa shape index (κ3) is 9.03. The van der Waals surface area contributed by atoms with Crippen LogP contribution in [0, 0.1) is 39.8 Å². The molecule has 1 aromatic heterocycles. The standard InChI is InChI=1S/C80H65N3/c1-52-16-12-22-61(42-52)81(62-23-13-17-53(2)43-62)65-34-38-69-67-36-30-58(48-73(67)79(5,6)75(69)50-65)28-26-56-32-40-77-71(46-56)72-47-57(33-41-78(72)83(77)60-20-10-9-11-21-60)27-29-59-31-37-68-70-39-35-66(51-76(70)80(7,8)74(68)49-59)82(63-24-14-18-54(3)44-63)64-25-15-19-55(4)45-64/h9-14,16-18,20-51H,1-8H3/b28-26+,29-27+. The van der Waals surface area contributed by atoms with E-state index in [0.29, 0.717) is 0 Å². The van der Waals surface area contributed by atoms with Gasteiger partial charge in [0.15, 0.2) is 0 Å². The smallest absolute Gasteiger partial charge is 0.0554 e. The van der Waals surface area contributed by atoms with Gasteiger partial charge < -0.3 is 14.4 Å². The Morgan fingerprint density at radius 2 is 0.735 bits per heavy atom. The van der Waals surface area contributed by atoms with Crippen molar-refractivity contribution in [1.29, 1.82) is 0 Å². The summed E-state index contributed by atoms with van der Waals surface area (Å²) in [6.45, 7) is 18.1. The number of rotatable bonds is 11. The van der Waals surface area contributed by atoms with Gasteiger partial charge in [-0.1, -0.05) is 179 Å². The van der Waals surface area contributed by atoms with Crippen molar-refractivity contribution in [2.75, 3.05) is 9.80 Å². The van der Waals surface area contributed by atoms with Crippen molar-refractivity contribution in [2.24, 2.45) is 0 Å². The lowest BCUT2D eigenvalue weighted by Gasteiger charge is -2.28. The highest BCUT2D eigenvalue weighted by atomic mass is 15.1. The molecular weight excluding hydrogens is 1000 g/mol. The van der Waals surface area contributed by atoms with Gasteiger partial charge in [0.1, 0.15) is 0 Å². The number of hydrogen-bond acceptors (Lipinski definition) is 2. The molecule has 0 radical (unpaired) electrons. The lowest BCUT2D eigenvalue weighted by molar-refractivity contribution is 0.660. The maximum atomic E-state index is 3.26. The number of fused-ring (bicyclic) bond motifs is 9. The van der Waals surface area contributed by atoms with Crippen molar-refractivity contribution >= 4 is 80.2 Å². The number of aryl methyl sites for hydroxylation is 4. The molecule has 400 valence electrons. The third-order valence-electron chi connectivity index (χ3n) is 17.5. The lowest BCUT2D eigenvalue weighted by Crippen LogP contribution is -2.16. The molecule has 1 heterocycles.